The lowest BCUT2D eigenvalue weighted by Crippen LogP contribution is -2.22. The van der Waals surface area contributed by atoms with Crippen LogP contribution < -0.4 is 5.32 Å². The number of hydrogen-bond acceptors (Lipinski definition) is 1. The van der Waals surface area contributed by atoms with Gasteiger partial charge >= 0.3 is 0 Å². The first-order chi connectivity index (χ1) is 8.70. The average molecular weight is 314 g/mol. The predicted octanol–water partition coefficient (Wildman–Crippen LogP) is 4.82. The summed E-state index contributed by atoms with van der Waals surface area (Å²) in [7, 11) is 1.92. The Morgan fingerprint density at radius 1 is 1.33 bits per heavy atom. The summed E-state index contributed by atoms with van der Waals surface area (Å²) in [6.45, 7) is 0. The molecule has 0 heterocycles. The van der Waals surface area contributed by atoms with Crippen molar-refractivity contribution < 1.29 is 4.39 Å². The molecule has 0 aromatic heterocycles. The number of rotatable bonds is 4. The minimum absolute atomic E-state index is 0.103. The van der Waals surface area contributed by atoms with E-state index in [1.807, 2.05) is 13.1 Å². The second-order valence-electron chi connectivity index (χ2n) is 5.25. The summed E-state index contributed by atoms with van der Waals surface area (Å²) in [6, 6.07) is 5.33. The lowest BCUT2D eigenvalue weighted by atomic mass is 9.83. The Labute approximate surface area is 117 Å². The Morgan fingerprint density at radius 3 is 2.72 bits per heavy atom. The fourth-order valence-corrected chi connectivity index (χ4v) is 3.32. The van der Waals surface area contributed by atoms with Gasteiger partial charge in [0.25, 0.3) is 0 Å². The van der Waals surface area contributed by atoms with E-state index in [9.17, 15) is 4.39 Å². The van der Waals surface area contributed by atoms with Crippen molar-refractivity contribution in [2.75, 3.05) is 7.05 Å². The highest BCUT2D eigenvalue weighted by atomic mass is 79.9. The molecule has 100 valence electrons. The maximum absolute atomic E-state index is 13.9. The average Bonchev–Trinajstić information content (AvgIpc) is 2.40. The van der Waals surface area contributed by atoms with E-state index in [0.29, 0.717) is 0 Å². The van der Waals surface area contributed by atoms with Crippen molar-refractivity contribution in [2.24, 2.45) is 5.92 Å². The van der Waals surface area contributed by atoms with E-state index in [1.54, 1.807) is 12.1 Å². The molecule has 1 unspecified atom stereocenters. The van der Waals surface area contributed by atoms with Crippen LogP contribution in [0.25, 0.3) is 0 Å². The van der Waals surface area contributed by atoms with Gasteiger partial charge in [-0.05, 0) is 37.6 Å². The van der Waals surface area contributed by atoms with Gasteiger partial charge in [0.2, 0.25) is 0 Å². The molecule has 0 saturated heterocycles. The molecule has 0 bridgehead atoms. The van der Waals surface area contributed by atoms with Crippen molar-refractivity contribution in [1.29, 1.82) is 0 Å². The Kier molecular flexibility index (Phi) is 5.19. The molecule has 0 amide bonds. The summed E-state index contributed by atoms with van der Waals surface area (Å²) in [5.41, 5.74) is 0.789. The lowest BCUT2D eigenvalue weighted by Gasteiger charge is -2.27. The highest BCUT2D eigenvalue weighted by Crippen LogP contribution is 2.33. The van der Waals surface area contributed by atoms with Gasteiger partial charge in [0.15, 0.2) is 0 Å². The van der Waals surface area contributed by atoms with Crippen LogP contribution in [0.5, 0.6) is 0 Å². The molecule has 0 aliphatic heterocycles. The van der Waals surface area contributed by atoms with E-state index in [-0.39, 0.29) is 11.9 Å². The number of nitrogens with one attached hydrogen (secondary N) is 1. The molecular formula is C15H21BrFN. The molecule has 1 saturated carbocycles. The normalized spacial score (nSPS) is 18.8. The highest BCUT2D eigenvalue weighted by molar-refractivity contribution is 9.10. The van der Waals surface area contributed by atoms with Crippen molar-refractivity contribution in [2.45, 2.75) is 44.6 Å². The standard InChI is InChI=1S/C15H21BrFN/c1-18-15(9-11-5-3-2-4-6-11)13-10-12(16)7-8-14(13)17/h7-8,10-11,15,18H,2-6,9H2,1H3. The van der Waals surface area contributed by atoms with Crippen LogP contribution in [0.2, 0.25) is 0 Å². The summed E-state index contributed by atoms with van der Waals surface area (Å²) in [5.74, 6) is 0.642. The molecule has 2 rings (SSSR count). The maximum Gasteiger partial charge on any atom is 0.128 e. The van der Waals surface area contributed by atoms with E-state index < -0.39 is 0 Å². The van der Waals surface area contributed by atoms with Crippen molar-refractivity contribution in [1.82, 2.24) is 5.32 Å². The molecule has 1 nitrogen and oxygen atoms in total. The molecular weight excluding hydrogens is 293 g/mol. The van der Waals surface area contributed by atoms with Gasteiger partial charge in [-0.3, -0.25) is 0 Å². The number of hydrogen-bond donors (Lipinski definition) is 1. The molecule has 1 aliphatic rings. The first-order valence-electron chi connectivity index (χ1n) is 6.83. The van der Waals surface area contributed by atoms with E-state index in [1.165, 1.54) is 32.1 Å². The zero-order chi connectivity index (χ0) is 13.0. The zero-order valence-electron chi connectivity index (χ0n) is 10.9. The fraction of sp³-hybridized carbons (Fsp3) is 0.600. The summed E-state index contributed by atoms with van der Waals surface area (Å²) < 4.78 is 14.8. The molecule has 1 N–H and O–H groups in total. The van der Waals surface area contributed by atoms with E-state index in [4.69, 9.17) is 0 Å². The summed E-state index contributed by atoms with van der Waals surface area (Å²) in [4.78, 5) is 0. The molecule has 1 atom stereocenters. The van der Waals surface area contributed by atoms with Crippen LogP contribution in [0.15, 0.2) is 22.7 Å². The van der Waals surface area contributed by atoms with Crippen molar-refractivity contribution >= 4 is 15.9 Å². The predicted molar refractivity (Wildman–Crippen MR) is 77.1 cm³/mol. The third-order valence-corrected chi connectivity index (χ3v) is 4.47. The smallest absolute Gasteiger partial charge is 0.128 e. The van der Waals surface area contributed by atoms with E-state index >= 15 is 0 Å². The van der Waals surface area contributed by atoms with Crippen molar-refractivity contribution in [3.05, 3.63) is 34.1 Å². The van der Waals surface area contributed by atoms with Crippen LogP contribution in [0.3, 0.4) is 0 Å². The molecule has 1 fully saturated rings. The van der Waals surface area contributed by atoms with Crippen molar-refractivity contribution in [3.63, 3.8) is 0 Å². The SMILES string of the molecule is CNC(CC1CCCCC1)c1cc(Br)ccc1F. The number of halogens is 2. The second-order valence-corrected chi connectivity index (χ2v) is 6.16. The monoisotopic (exact) mass is 313 g/mol. The minimum atomic E-state index is -0.103. The minimum Gasteiger partial charge on any atom is -0.313 e. The molecule has 0 radical (unpaired) electrons. The van der Waals surface area contributed by atoms with Gasteiger partial charge in [0.05, 0.1) is 0 Å². The van der Waals surface area contributed by atoms with E-state index in [0.717, 1.165) is 22.4 Å². The molecule has 1 aromatic carbocycles. The zero-order valence-corrected chi connectivity index (χ0v) is 12.5. The first kappa shape index (κ1) is 14.0. The Bertz CT molecular complexity index is 388. The van der Waals surface area contributed by atoms with Crippen LogP contribution in [0, 0.1) is 11.7 Å². The maximum atomic E-state index is 13.9. The van der Waals surface area contributed by atoms with Gasteiger partial charge < -0.3 is 5.32 Å². The Balaban J connectivity index is 2.09. The van der Waals surface area contributed by atoms with Gasteiger partial charge in [-0.2, -0.15) is 0 Å². The summed E-state index contributed by atoms with van der Waals surface area (Å²) in [6.07, 6.45) is 7.68. The van der Waals surface area contributed by atoms with Crippen LogP contribution in [-0.2, 0) is 0 Å². The van der Waals surface area contributed by atoms with Gasteiger partial charge in [0.1, 0.15) is 5.82 Å². The fourth-order valence-electron chi connectivity index (χ4n) is 2.94. The molecule has 1 aliphatic carbocycles. The van der Waals surface area contributed by atoms with Gasteiger partial charge in [-0.25, -0.2) is 4.39 Å². The number of benzene rings is 1. The topological polar surface area (TPSA) is 12.0 Å². The summed E-state index contributed by atoms with van der Waals surface area (Å²) in [5, 5.41) is 3.27. The van der Waals surface area contributed by atoms with Crippen molar-refractivity contribution in [3.8, 4) is 0 Å². The van der Waals surface area contributed by atoms with Gasteiger partial charge in [-0.15, -0.1) is 0 Å². The quantitative estimate of drug-likeness (QED) is 0.840. The Morgan fingerprint density at radius 2 is 2.06 bits per heavy atom. The lowest BCUT2D eigenvalue weighted by molar-refractivity contribution is 0.303. The second kappa shape index (κ2) is 6.67. The molecule has 3 heteroatoms. The Hall–Kier alpha value is -0.410. The van der Waals surface area contributed by atoms with Crippen LogP contribution in [0.4, 0.5) is 4.39 Å². The summed E-state index contributed by atoms with van der Waals surface area (Å²) >= 11 is 3.42. The molecule has 18 heavy (non-hydrogen) atoms. The van der Waals surface area contributed by atoms with Crippen LogP contribution >= 0.6 is 15.9 Å². The van der Waals surface area contributed by atoms with Gasteiger partial charge in [-0.1, -0.05) is 48.0 Å². The molecule has 0 spiro atoms. The third kappa shape index (κ3) is 3.55. The van der Waals surface area contributed by atoms with E-state index in [2.05, 4.69) is 21.2 Å². The van der Waals surface area contributed by atoms with Crippen LogP contribution in [-0.4, -0.2) is 7.05 Å². The molecule has 1 aromatic rings. The largest absolute Gasteiger partial charge is 0.313 e. The highest BCUT2D eigenvalue weighted by Gasteiger charge is 2.21. The first-order valence-corrected chi connectivity index (χ1v) is 7.62. The van der Waals surface area contributed by atoms with Crippen LogP contribution in [0.1, 0.15) is 50.1 Å². The van der Waals surface area contributed by atoms with Gasteiger partial charge in [0, 0.05) is 16.1 Å². The third-order valence-electron chi connectivity index (χ3n) is 3.98.